The van der Waals surface area contributed by atoms with E-state index >= 15 is 0 Å². The molecule has 1 aliphatic rings. The molecule has 5 rings (SSSR count). The summed E-state index contributed by atoms with van der Waals surface area (Å²) in [5.41, 5.74) is 4.60. The van der Waals surface area contributed by atoms with E-state index in [0.29, 0.717) is 23.4 Å². The SMILES string of the molecule is O=C(NCc1ccc2c(c1)OCO2)c1ccc2nc3ccccc3nc2c1. The normalized spacial score (nSPS) is 12.4. The second-order valence-electron chi connectivity index (χ2n) is 6.29. The van der Waals surface area contributed by atoms with Gasteiger partial charge in [-0.05, 0) is 48.0 Å². The van der Waals surface area contributed by atoms with Crippen molar-refractivity contribution in [2.75, 3.05) is 6.79 Å². The number of fused-ring (bicyclic) bond motifs is 3. The maximum atomic E-state index is 12.5. The molecule has 0 saturated carbocycles. The number of carbonyl (C=O) groups excluding carboxylic acids is 1. The van der Waals surface area contributed by atoms with Crippen molar-refractivity contribution in [2.24, 2.45) is 0 Å². The first kappa shape index (κ1) is 15.6. The van der Waals surface area contributed by atoms with Gasteiger partial charge in [0.25, 0.3) is 5.91 Å². The summed E-state index contributed by atoms with van der Waals surface area (Å²) >= 11 is 0. The Morgan fingerprint density at radius 1 is 0.852 bits per heavy atom. The van der Waals surface area contributed by atoms with Crippen molar-refractivity contribution in [2.45, 2.75) is 6.54 Å². The van der Waals surface area contributed by atoms with Crippen LogP contribution in [0.1, 0.15) is 15.9 Å². The van der Waals surface area contributed by atoms with Gasteiger partial charge in [0.05, 0.1) is 22.1 Å². The highest BCUT2D eigenvalue weighted by molar-refractivity contribution is 5.98. The number of amides is 1. The fourth-order valence-electron chi connectivity index (χ4n) is 3.10. The van der Waals surface area contributed by atoms with Crippen LogP contribution in [0, 0.1) is 0 Å². The predicted octanol–water partition coefficient (Wildman–Crippen LogP) is 3.44. The molecule has 3 aromatic carbocycles. The van der Waals surface area contributed by atoms with E-state index in [-0.39, 0.29) is 12.7 Å². The Morgan fingerprint density at radius 2 is 1.59 bits per heavy atom. The topological polar surface area (TPSA) is 73.3 Å². The first-order valence-corrected chi connectivity index (χ1v) is 8.59. The van der Waals surface area contributed by atoms with Crippen LogP contribution in [0.3, 0.4) is 0 Å². The highest BCUT2D eigenvalue weighted by Gasteiger charge is 2.14. The zero-order valence-electron chi connectivity index (χ0n) is 14.3. The maximum Gasteiger partial charge on any atom is 0.251 e. The number of hydrogen-bond acceptors (Lipinski definition) is 5. The minimum absolute atomic E-state index is 0.162. The van der Waals surface area contributed by atoms with Gasteiger partial charge < -0.3 is 14.8 Å². The molecule has 132 valence electrons. The maximum absolute atomic E-state index is 12.5. The number of nitrogens with one attached hydrogen (secondary N) is 1. The van der Waals surface area contributed by atoms with Crippen molar-refractivity contribution >= 4 is 28.0 Å². The van der Waals surface area contributed by atoms with Crippen LogP contribution in [0.25, 0.3) is 22.1 Å². The van der Waals surface area contributed by atoms with E-state index in [4.69, 9.17) is 9.47 Å². The van der Waals surface area contributed by atoms with Gasteiger partial charge in [0.15, 0.2) is 11.5 Å². The summed E-state index contributed by atoms with van der Waals surface area (Å²) in [6.07, 6.45) is 0. The molecule has 1 amide bonds. The van der Waals surface area contributed by atoms with Crippen LogP contribution in [0.2, 0.25) is 0 Å². The van der Waals surface area contributed by atoms with Gasteiger partial charge in [-0.25, -0.2) is 9.97 Å². The third-order valence-corrected chi connectivity index (χ3v) is 4.49. The molecule has 0 bridgehead atoms. The third-order valence-electron chi connectivity index (χ3n) is 4.49. The summed E-state index contributed by atoms with van der Waals surface area (Å²) < 4.78 is 10.7. The van der Waals surface area contributed by atoms with Crippen LogP contribution >= 0.6 is 0 Å². The summed E-state index contributed by atoms with van der Waals surface area (Å²) in [6.45, 7) is 0.634. The zero-order valence-corrected chi connectivity index (χ0v) is 14.3. The number of ether oxygens (including phenoxy) is 2. The number of carbonyl (C=O) groups is 1. The fourth-order valence-corrected chi connectivity index (χ4v) is 3.10. The van der Waals surface area contributed by atoms with Crippen LogP contribution in [0.4, 0.5) is 0 Å². The van der Waals surface area contributed by atoms with Gasteiger partial charge in [0, 0.05) is 12.1 Å². The summed E-state index contributed by atoms with van der Waals surface area (Å²) in [6, 6.07) is 18.7. The van der Waals surface area contributed by atoms with Crippen molar-refractivity contribution in [3.8, 4) is 11.5 Å². The number of rotatable bonds is 3. The molecule has 0 aliphatic carbocycles. The molecule has 27 heavy (non-hydrogen) atoms. The average molecular weight is 357 g/mol. The smallest absolute Gasteiger partial charge is 0.251 e. The molecule has 6 heteroatoms. The summed E-state index contributed by atoms with van der Waals surface area (Å²) in [7, 11) is 0. The predicted molar refractivity (Wildman–Crippen MR) is 101 cm³/mol. The molecular weight excluding hydrogens is 342 g/mol. The lowest BCUT2D eigenvalue weighted by molar-refractivity contribution is 0.0951. The van der Waals surface area contributed by atoms with Crippen LogP contribution in [0.5, 0.6) is 11.5 Å². The summed E-state index contributed by atoms with van der Waals surface area (Å²) in [4.78, 5) is 21.7. The molecule has 2 heterocycles. The van der Waals surface area contributed by atoms with E-state index in [9.17, 15) is 4.79 Å². The molecule has 4 aromatic rings. The molecule has 0 radical (unpaired) electrons. The number of benzene rings is 3. The van der Waals surface area contributed by atoms with Crippen molar-refractivity contribution in [1.29, 1.82) is 0 Å². The van der Waals surface area contributed by atoms with E-state index in [1.807, 2.05) is 48.5 Å². The second-order valence-corrected chi connectivity index (χ2v) is 6.29. The van der Waals surface area contributed by atoms with Crippen molar-refractivity contribution in [3.05, 3.63) is 71.8 Å². The van der Waals surface area contributed by atoms with Crippen molar-refractivity contribution in [1.82, 2.24) is 15.3 Å². The van der Waals surface area contributed by atoms with E-state index in [1.54, 1.807) is 12.1 Å². The highest BCUT2D eigenvalue weighted by Crippen LogP contribution is 2.32. The lowest BCUT2D eigenvalue weighted by atomic mass is 10.1. The summed E-state index contributed by atoms with van der Waals surface area (Å²) in [5, 5.41) is 2.92. The molecule has 0 saturated heterocycles. The molecule has 1 aliphatic heterocycles. The zero-order chi connectivity index (χ0) is 18.2. The van der Waals surface area contributed by atoms with Gasteiger partial charge in [0.1, 0.15) is 0 Å². The van der Waals surface area contributed by atoms with Gasteiger partial charge in [-0.2, -0.15) is 0 Å². The summed E-state index contributed by atoms with van der Waals surface area (Å²) in [5.74, 6) is 1.27. The lowest BCUT2D eigenvalue weighted by Gasteiger charge is -2.07. The number of hydrogen-bond donors (Lipinski definition) is 1. The van der Waals surface area contributed by atoms with Crippen LogP contribution in [-0.4, -0.2) is 22.7 Å². The quantitative estimate of drug-likeness (QED) is 0.569. The van der Waals surface area contributed by atoms with Gasteiger partial charge in [-0.3, -0.25) is 4.79 Å². The van der Waals surface area contributed by atoms with Crippen LogP contribution in [0.15, 0.2) is 60.7 Å². The Morgan fingerprint density at radius 3 is 2.44 bits per heavy atom. The Bertz CT molecular complexity index is 1190. The van der Waals surface area contributed by atoms with Crippen molar-refractivity contribution < 1.29 is 14.3 Å². The Labute approximate surface area is 154 Å². The Hall–Kier alpha value is -3.67. The third kappa shape index (κ3) is 2.91. The Balaban J connectivity index is 1.37. The van der Waals surface area contributed by atoms with E-state index in [1.165, 1.54) is 0 Å². The number of aromatic nitrogens is 2. The monoisotopic (exact) mass is 357 g/mol. The van der Waals surface area contributed by atoms with Crippen LogP contribution < -0.4 is 14.8 Å². The molecule has 6 nitrogen and oxygen atoms in total. The van der Waals surface area contributed by atoms with Gasteiger partial charge >= 0.3 is 0 Å². The second kappa shape index (κ2) is 6.25. The van der Waals surface area contributed by atoms with Gasteiger partial charge in [0.2, 0.25) is 6.79 Å². The fraction of sp³-hybridized carbons (Fsp3) is 0.0952. The van der Waals surface area contributed by atoms with Gasteiger partial charge in [-0.15, -0.1) is 0 Å². The van der Waals surface area contributed by atoms with E-state index < -0.39 is 0 Å². The molecule has 0 atom stereocenters. The average Bonchev–Trinajstić information content (AvgIpc) is 3.18. The molecular formula is C21H15N3O3. The molecule has 0 fully saturated rings. The minimum atomic E-state index is -0.162. The number of nitrogens with zero attached hydrogens (tertiary/aromatic N) is 2. The standard InChI is InChI=1S/C21H15N3O3/c25-21(22-11-13-5-8-19-20(9-13)27-12-26-19)14-6-7-17-18(10-14)24-16-4-2-1-3-15(16)23-17/h1-10H,11-12H2,(H,22,25). The Kier molecular flexibility index (Phi) is 3.60. The van der Waals surface area contributed by atoms with E-state index in [2.05, 4.69) is 15.3 Å². The molecule has 1 aromatic heterocycles. The van der Waals surface area contributed by atoms with Gasteiger partial charge in [-0.1, -0.05) is 18.2 Å². The van der Waals surface area contributed by atoms with E-state index in [0.717, 1.165) is 27.9 Å². The highest BCUT2D eigenvalue weighted by atomic mass is 16.7. The van der Waals surface area contributed by atoms with Crippen molar-refractivity contribution in [3.63, 3.8) is 0 Å². The first-order valence-electron chi connectivity index (χ1n) is 8.59. The lowest BCUT2D eigenvalue weighted by Crippen LogP contribution is -2.22. The molecule has 0 spiro atoms. The molecule has 0 unspecified atom stereocenters. The molecule has 1 N–H and O–H groups in total. The largest absolute Gasteiger partial charge is 0.454 e. The number of para-hydroxylation sites is 2. The van der Waals surface area contributed by atoms with Crippen LogP contribution in [-0.2, 0) is 6.54 Å². The first-order chi connectivity index (χ1) is 13.3. The minimum Gasteiger partial charge on any atom is -0.454 e.